The molecule has 1 aliphatic heterocycles. The fraction of sp³-hybridized carbons (Fsp3) is 0.0769. The summed E-state index contributed by atoms with van der Waals surface area (Å²) < 4.78 is 26.4. The molecule has 2 aromatic rings. The molecule has 0 aliphatic carbocycles. The molecule has 0 atom stereocenters. The second-order valence-electron chi connectivity index (χ2n) is 4.09. The standard InChI is InChI=1S/C13H7ClF2N2O/c14-13(15,16)11-12(19)18-9-6-2-4-7-3-1-5-8(17-11)10(7)9/h1-6H,(H,18,19). The lowest BCUT2D eigenvalue weighted by atomic mass is 10.1. The summed E-state index contributed by atoms with van der Waals surface area (Å²) in [5.41, 5.74) is -0.266. The number of halogens is 3. The van der Waals surface area contributed by atoms with E-state index in [1.807, 2.05) is 12.1 Å². The van der Waals surface area contributed by atoms with E-state index in [1.54, 1.807) is 24.3 Å². The lowest BCUT2D eigenvalue weighted by Crippen LogP contribution is -2.34. The predicted molar refractivity (Wildman–Crippen MR) is 70.5 cm³/mol. The van der Waals surface area contributed by atoms with Crippen molar-refractivity contribution in [3.63, 3.8) is 0 Å². The van der Waals surface area contributed by atoms with Gasteiger partial charge in [-0.1, -0.05) is 24.3 Å². The van der Waals surface area contributed by atoms with Crippen LogP contribution in [0.15, 0.2) is 41.4 Å². The molecule has 0 spiro atoms. The van der Waals surface area contributed by atoms with Crippen LogP contribution in [-0.2, 0) is 4.79 Å². The van der Waals surface area contributed by atoms with Gasteiger partial charge >= 0.3 is 5.38 Å². The van der Waals surface area contributed by atoms with E-state index in [-0.39, 0.29) is 0 Å². The first-order valence-electron chi connectivity index (χ1n) is 5.46. The number of anilines is 1. The number of nitrogens with zero attached hydrogens (tertiary/aromatic N) is 1. The maximum Gasteiger partial charge on any atom is 0.370 e. The van der Waals surface area contributed by atoms with Crippen molar-refractivity contribution in [3.8, 4) is 0 Å². The van der Waals surface area contributed by atoms with Gasteiger partial charge in [0, 0.05) is 5.39 Å². The summed E-state index contributed by atoms with van der Waals surface area (Å²) in [6.07, 6.45) is 0. The molecule has 1 N–H and O–H groups in total. The molecule has 3 nitrogen and oxygen atoms in total. The van der Waals surface area contributed by atoms with Gasteiger partial charge in [-0.15, -0.1) is 0 Å². The number of alkyl halides is 3. The SMILES string of the molecule is O=C1Nc2cccc3cccc(c23)N=C1C(F)(F)Cl. The van der Waals surface area contributed by atoms with E-state index >= 15 is 0 Å². The Morgan fingerprint density at radius 2 is 1.84 bits per heavy atom. The van der Waals surface area contributed by atoms with Crippen molar-refractivity contribution in [2.24, 2.45) is 4.99 Å². The summed E-state index contributed by atoms with van der Waals surface area (Å²) in [6.45, 7) is 0. The van der Waals surface area contributed by atoms with Crippen molar-refractivity contribution in [2.75, 3.05) is 5.32 Å². The van der Waals surface area contributed by atoms with Gasteiger partial charge < -0.3 is 5.32 Å². The fourth-order valence-corrected chi connectivity index (χ4v) is 2.19. The van der Waals surface area contributed by atoms with E-state index in [9.17, 15) is 13.6 Å². The Morgan fingerprint density at radius 3 is 2.53 bits per heavy atom. The summed E-state index contributed by atoms with van der Waals surface area (Å²) in [7, 11) is 0. The largest absolute Gasteiger partial charge is 0.370 e. The minimum Gasteiger partial charge on any atom is -0.320 e. The number of benzene rings is 2. The quantitative estimate of drug-likeness (QED) is 0.795. The lowest BCUT2D eigenvalue weighted by Gasteiger charge is -2.09. The van der Waals surface area contributed by atoms with Gasteiger partial charge in [0.1, 0.15) is 0 Å². The lowest BCUT2D eigenvalue weighted by molar-refractivity contribution is -0.111. The number of carbonyl (C=O) groups is 1. The second kappa shape index (κ2) is 3.99. The van der Waals surface area contributed by atoms with Crippen LogP contribution in [0.4, 0.5) is 20.2 Å². The van der Waals surface area contributed by atoms with Crippen molar-refractivity contribution in [2.45, 2.75) is 5.38 Å². The first-order chi connectivity index (χ1) is 8.97. The molecule has 0 saturated carbocycles. The first kappa shape index (κ1) is 12.0. The third-order valence-electron chi connectivity index (χ3n) is 2.85. The monoisotopic (exact) mass is 280 g/mol. The number of amides is 1. The summed E-state index contributed by atoms with van der Waals surface area (Å²) in [4.78, 5) is 15.5. The van der Waals surface area contributed by atoms with E-state index in [0.29, 0.717) is 16.8 Å². The normalized spacial score (nSPS) is 14.9. The van der Waals surface area contributed by atoms with Crippen LogP contribution in [0.3, 0.4) is 0 Å². The molecule has 0 unspecified atom stereocenters. The molecule has 1 heterocycles. The molecular weight excluding hydrogens is 274 g/mol. The molecule has 2 aromatic carbocycles. The van der Waals surface area contributed by atoms with Crippen molar-refractivity contribution < 1.29 is 13.6 Å². The van der Waals surface area contributed by atoms with Crippen LogP contribution in [0.25, 0.3) is 10.8 Å². The summed E-state index contributed by atoms with van der Waals surface area (Å²) in [5.74, 6) is -0.997. The second-order valence-corrected chi connectivity index (χ2v) is 4.57. The Bertz CT molecular complexity index is 717. The number of carbonyl (C=O) groups excluding carboxylic acids is 1. The van der Waals surface area contributed by atoms with Gasteiger partial charge in [-0.2, -0.15) is 8.78 Å². The molecule has 0 fully saturated rings. The highest BCUT2D eigenvalue weighted by atomic mass is 35.5. The molecule has 6 heteroatoms. The van der Waals surface area contributed by atoms with Gasteiger partial charge in [0.05, 0.1) is 11.4 Å². The number of hydrogen-bond acceptors (Lipinski definition) is 2. The molecule has 0 radical (unpaired) electrons. The summed E-state index contributed by atoms with van der Waals surface area (Å²) >= 11 is 4.93. The van der Waals surface area contributed by atoms with E-state index in [1.165, 1.54) is 0 Å². The Kier molecular flexibility index (Phi) is 2.53. The Balaban J connectivity index is 2.35. The Labute approximate surface area is 111 Å². The molecule has 0 bridgehead atoms. The third-order valence-corrected chi connectivity index (χ3v) is 3.03. The van der Waals surface area contributed by atoms with Crippen molar-refractivity contribution in [3.05, 3.63) is 36.4 Å². The van der Waals surface area contributed by atoms with E-state index in [0.717, 1.165) is 5.39 Å². The molecule has 0 aromatic heterocycles. The Hall–Kier alpha value is -2.01. The minimum atomic E-state index is -3.81. The van der Waals surface area contributed by atoms with Crippen LogP contribution in [0.2, 0.25) is 0 Å². The molecule has 0 saturated heterocycles. The van der Waals surface area contributed by atoms with E-state index in [2.05, 4.69) is 10.3 Å². The average Bonchev–Trinajstić information content (AvgIpc) is 2.48. The molecule has 1 aliphatic rings. The van der Waals surface area contributed by atoms with Crippen LogP contribution in [0.1, 0.15) is 0 Å². The number of hydrogen-bond donors (Lipinski definition) is 1. The van der Waals surface area contributed by atoms with Gasteiger partial charge in [0.2, 0.25) is 0 Å². The number of rotatable bonds is 1. The van der Waals surface area contributed by atoms with Crippen molar-refractivity contribution in [1.29, 1.82) is 0 Å². The number of aliphatic imine (C=N–C) groups is 1. The van der Waals surface area contributed by atoms with Crippen LogP contribution in [0, 0.1) is 0 Å². The van der Waals surface area contributed by atoms with Crippen molar-refractivity contribution >= 4 is 45.4 Å². The van der Waals surface area contributed by atoms with Gasteiger partial charge in [-0.05, 0) is 29.1 Å². The third kappa shape index (κ3) is 1.96. The van der Waals surface area contributed by atoms with Crippen molar-refractivity contribution in [1.82, 2.24) is 0 Å². The maximum absolute atomic E-state index is 13.2. The van der Waals surface area contributed by atoms with Crippen LogP contribution >= 0.6 is 11.6 Å². The molecule has 96 valence electrons. The zero-order chi connectivity index (χ0) is 13.6. The van der Waals surface area contributed by atoms with Crippen LogP contribution < -0.4 is 5.32 Å². The van der Waals surface area contributed by atoms with Gasteiger partial charge in [0.25, 0.3) is 5.91 Å². The van der Waals surface area contributed by atoms with Crippen LogP contribution in [-0.4, -0.2) is 17.0 Å². The molecule has 19 heavy (non-hydrogen) atoms. The topological polar surface area (TPSA) is 41.5 Å². The van der Waals surface area contributed by atoms with Gasteiger partial charge in [0.15, 0.2) is 5.71 Å². The van der Waals surface area contributed by atoms with Gasteiger partial charge in [-0.3, -0.25) is 4.79 Å². The molecular formula is C13H7ClF2N2O. The number of nitrogens with one attached hydrogen (secondary N) is 1. The highest BCUT2D eigenvalue weighted by molar-refractivity contribution is 6.55. The van der Waals surface area contributed by atoms with Crippen LogP contribution in [0.5, 0.6) is 0 Å². The fourth-order valence-electron chi connectivity index (χ4n) is 2.06. The zero-order valence-corrected chi connectivity index (χ0v) is 10.2. The zero-order valence-electron chi connectivity index (χ0n) is 9.45. The van der Waals surface area contributed by atoms with E-state index in [4.69, 9.17) is 11.6 Å². The highest BCUT2D eigenvalue weighted by Crippen LogP contribution is 2.36. The molecule has 1 amide bonds. The summed E-state index contributed by atoms with van der Waals surface area (Å²) in [6, 6.07) is 10.2. The maximum atomic E-state index is 13.2. The predicted octanol–water partition coefficient (Wildman–Crippen LogP) is 3.70. The minimum absolute atomic E-state index is 0.293. The molecule has 3 rings (SSSR count). The van der Waals surface area contributed by atoms with Gasteiger partial charge in [-0.25, -0.2) is 4.99 Å². The first-order valence-corrected chi connectivity index (χ1v) is 5.83. The smallest absolute Gasteiger partial charge is 0.320 e. The highest BCUT2D eigenvalue weighted by Gasteiger charge is 2.39. The Morgan fingerprint density at radius 1 is 1.16 bits per heavy atom. The van der Waals surface area contributed by atoms with E-state index < -0.39 is 17.0 Å². The summed E-state index contributed by atoms with van der Waals surface area (Å²) in [5, 5.41) is 0.0215. The average molecular weight is 281 g/mol.